The molecule has 7 heteroatoms. The molecule has 0 atom stereocenters. The maximum Gasteiger partial charge on any atom is 0.257 e. The van der Waals surface area contributed by atoms with Gasteiger partial charge in [0.05, 0.1) is 5.41 Å². The van der Waals surface area contributed by atoms with Crippen molar-refractivity contribution in [2.75, 3.05) is 0 Å². The van der Waals surface area contributed by atoms with Crippen LogP contribution < -0.4 is 4.72 Å². The van der Waals surface area contributed by atoms with Crippen LogP contribution in [0.5, 0.6) is 0 Å². The summed E-state index contributed by atoms with van der Waals surface area (Å²) in [6.45, 7) is 0. The van der Waals surface area contributed by atoms with Gasteiger partial charge in [-0.2, -0.15) is 22.7 Å². The number of carbonyl (C=O) groups excluding carboxylic acids is 1. The topological polar surface area (TPSA) is 63.2 Å². The van der Waals surface area contributed by atoms with Gasteiger partial charge in [-0.15, -0.1) is 0 Å². The summed E-state index contributed by atoms with van der Waals surface area (Å²) in [6.07, 6.45) is 4.19. The third-order valence-electron chi connectivity index (χ3n) is 2.20. The monoisotopic (exact) mass is 325 g/mol. The van der Waals surface area contributed by atoms with Gasteiger partial charge >= 0.3 is 0 Å². The van der Waals surface area contributed by atoms with Crippen molar-refractivity contribution >= 4 is 50.8 Å². The molecular formula is C13H11NO3S3. The molecule has 0 fully saturated rings. The highest BCUT2D eigenvalue weighted by Gasteiger charge is 2.08. The summed E-state index contributed by atoms with van der Waals surface area (Å²) in [5.74, 6) is -0.675. The van der Waals surface area contributed by atoms with Gasteiger partial charge in [-0.05, 0) is 56.9 Å². The number of carbonyl (C=O) groups is 1. The van der Waals surface area contributed by atoms with Crippen LogP contribution in [0.1, 0.15) is 11.1 Å². The fourth-order valence-corrected chi connectivity index (χ4v) is 3.30. The molecule has 4 nitrogen and oxygen atoms in total. The molecule has 1 amide bonds. The first-order valence-electron chi connectivity index (χ1n) is 5.52. The van der Waals surface area contributed by atoms with Crippen molar-refractivity contribution in [1.82, 2.24) is 4.72 Å². The van der Waals surface area contributed by atoms with Gasteiger partial charge in [0.15, 0.2) is 0 Å². The van der Waals surface area contributed by atoms with Gasteiger partial charge in [0.2, 0.25) is 0 Å². The Morgan fingerprint density at radius 2 is 1.65 bits per heavy atom. The van der Waals surface area contributed by atoms with Gasteiger partial charge in [-0.1, -0.05) is 0 Å². The Bertz CT molecular complexity index is 711. The number of rotatable bonds is 5. The van der Waals surface area contributed by atoms with Crippen LogP contribution in [0.25, 0.3) is 12.2 Å². The van der Waals surface area contributed by atoms with E-state index in [0.717, 1.165) is 16.5 Å². The largest absolute Gasteiger partial charge is 0.269 e. The molecule has 0 aromatic carbocycles. The van der Waals surface area contributed by atoms with Crippen LogP contribution in [0.4, 0.5) is 0 Å². The van der Waals surface area contributed by atoms with Crippen molar-refractivity contribution in [3.05, 3.63) is 56.3 Å². The molecule has 20 heavy (non-hydrogen) atoms. The van der Waals surface area contributed by atoms with Gasteiger partial charge < -0.3 is 0 Å². The minimum atomic E-state index is -3.77. The highest BCUT2D eigenvalue weighted by Crippen LogP contribution is 2.09. The lowest BCUT2D eigenvalue weighted by Crippen LogP contribution is -2.26. The zero-order valence-electron chi connectivity index (χ0n) is 10.2. The number of thiophene rings is 2. The Kier molecular flexibility index (Phi) is 4.89. The van der Waals surface area contributed by atoms with Crippen LogP contribution in [0.2, 0.25) is 0 Å². The Balaban J connectivity index is 1.96. The molecule has 2 aromatic heterocycles. The lowest BCUT2D eigenvalue weighted by atomic mass is 10.3. The van der Waals surface area contributed by atoms with Crippen molar-refractivity contribution in [2.45, 2.75) is 0 Å². The zero-order valence-corrected chi connectivity index (χ0v) is 12.7. The predicted molar refractivity (Wildman–Crippen MR) is 83.8 cm³/mol. The van der Waals surface area contributed by atoms with Crippen LogP contribution in [0.3, 0.4) is 0 Å². The summed E-state index contributed by atoms with van der Waals surface area (Å²) in [5, 5.41) is 8.36. The summed E-state index contributed by atoms with van der Waals surface area (Å²) in [7, 11) is -3.77. The highest BCUT2D eigenvalue weighted by atomic mass is 32.2. The molecule has 0 saturated heterocycles. The Morgan fingerprint density at radius 3 is 2.20 bits per heavy atom. The van der Waals surface area contributed by atoms with Gasteiger partial charge in [0, 0.05) is 6.08 Å². The van der Waals surface area contributed by atoms with E-state index in [-0.39, 0.29) is 0 Å². The third kappa shape index (κ3) is 4.76. The minimum Gasteiger partial charge on any atom is -0.269 e. The predicted octanol–water partition coefficient (Wildman–Crippen LogP) is 2.94. The maximum atomic E-state index is 11.7. The van der Waals surface area contributed by atoms with Crippen LogP contribution in [0.15, 0.2) is 45.1 Å². The first-order valence-corrected chi connectivity index (χ1v) is 8.96. The number of hydrogen-bond acceptors (Lipinski definition) is 5. The van der Waals surface area contributed by atoms with E-state index in [2.05, 4.69) is 0 Å². The zero-order chi connectivity index (χ0) is 14.4. The van der Waals surface area contributed by atoms with E-state index in [1.54, 1.807) is 12.1 Å². The van der Waals surface area contributed by atoms with E-state index in [4.69, 9.17) is 0 Å². The molecule has 0 saturated carbocycles. The van der Waals surface area contributed by atoms with E-state index < -0.39 is 15.9 Å². The molecule has 0 aliphatic rings. The summed E-state index contributed by atoms with van der Waals surface area (Å²) in [6, 6.07) is 3.62. The van der Waals surface area contributed by atoms with E-state index in [1.807, 2.05) is 32.3 Å². The SMILES string of the molecule is O=C(/C=C\c1ccsc1)NS(=O)(=O)/C=C/c1ccsc1. The molecule has 2 aromatic rings. The second kappa shape index (κ2) is 6.65. The lowest BCUT2D eigenvalue weighted by Gasteiger charge is -1.98. The summed E-state index contributed by atoms with van der Waals surface area (Å²) < 4.78 is 25.2. The Labute approximate surface area is 125 Å². The maximum absolute atomic E-state index is 11.7. The van der Waals surface area contributed by atoms with Crippen molar-refractivity contribution in [3.63, 3.8) is 0 Å². The number of hydrogen-bond donors (Lipinski definition) is 1. The molecule has 2 rings (SSSR count). The first kappa shape index (κ1) is 14.7. The molecule has 0 aliphatic heterocycles. The fourth-order valence-electron chi connectivity index (χ4n) is 1.29. The van der Waals surface area contributed by atoms with Gasteiger partial charge in [0.1, 0.15) is 0 Å². The van der Waals surface area contributed by atoms with E-state index in [9.17, 15) is 13.2 Å². The molecule has 104 valence electrons. The van der Waals surface area contributed by atoms with Crippen molar-refractivity contribution in [1.29, 1.82) is 0 Å². The average Bonchev–Trinajstić information content (AvgIpc) is 3.07. The van der Waals surface area contributed by atoms with Gasteiger partial charge in [-0.25, -0.2) is 13.1 Å². The standard InChI is InChI=1S/C13H11NO3S3/c15-13(2-1-11-3-6-18-9-11)14-20(16,17)8-5-12-4-7-19-10-12/h1-10H,(H,14,15)/b2-1-,8-5+. The molecular weight excluding hydrogens is 314 g/mol. The second-order valence-corrected chi connectivity index (χ2v) is 6.89. The van der Waals surface area contributed by atoms with E-state index in [0.29, 0.717) is 0 Å². The lowest BCUT2D eigenvalue weighted by molar-refractivity contribution is -0.114. The molecule has 1 N–H and O–H groups in total. The highest BCUT2D eigenvalue weighted by molar-refractivity contribution is 7.93. The molecule has 0 spiro atoms. The first-order chi connectivity index (χ1) is 9.55. The molecule has 0 radical (unpaired) electrons. The van der Waals surface area contributed by atoms with Gasteiger partial charge in [-0.3, -0.25) is 4.79 Å². The van der Waals surface area contributed by atoms with E-state index >= 15 is 0 Å². The van der Waals surface area contributed by atoms with Crippen LogP contribution >= 0.6 is 22.7 Å². The second-order valence-electron chi connectivity index (χ2n) is 3.76. The number of sulfonamides is 1. The number of nitrogens with one attached hydrogen (secondary N) is 1. The fraction of sp³-hybridized carbons (Fsp3) is 0. The summed E-state index contributed by atoms with van der Waals surface area (Å²) in [4.78, 5) is 11.5. The molecule has 2 heterocycles. The van der Waals surface area contributed by atoms with Gasteiger partial charge in [0.25, 0.3) is 15.9 Å². The quantitative estimate of drug-likeness (QED) is 0.860. The van der Waals surface area contributed by atoms with Crippen LogP contribution in [0, 0.1) is 0 Å². The van der Waals surface area contributed by atoms with Crippen molar-refractivity contribution < 1.29 is 13.2 Å². The molecule has 0 unspecified atom stereocenters. The average molecular weight is 325 g/mol. The molecule has 0 bridgehead atoms. The van der Waals surface area contributed by atoms with E-state index in [1.165, 1.54) is 34.8 Å². The minimum absolute atomic E-state index is 0.675. The Morgan fingerprint density at radius 1 is 1.05 bits per heavy atom. The number of amides is 1. The normalized spacial score (nSPS) is 12.2. The Hall–Kier alpha value is -1.70. The third-order valence-corrected chi connectivity index (χ3v) is 4.58. The van der Waals surface area contributed by atoms with Crippen LogP contribution in [-0.4, -0.2) is 14.3 Å². The summed E-state index contributed by atoms with van der Waals surface area (Å²) >= 11 is 2.97. The molecule has 0 aliphatic carbocycles. The van der Waals surface area contributed by atoms with Crippen LogP contribution in [-0.2, 0) is 14.8 Å². The smallest absolute Gasteiger partial charge is 0.257 e. The summed E-state index contributed by atoms with van der Waals surface area (Å²) in [5.41, 5.74) is 1.64. The van der Waals surface area contributed by atoms with Crippen molar-refractivity contribution in [2.24, 2.45) is 0 Å². The van der Waals surface area contributed by atoms with Crippen molar-refractivity contribution in [3.8, 4) is 0 Å².